The predicted octanol–water partition coefficient (Wildman–Crippen LogP) is 4.07. The van der Waals surface area contributed by atoms with Gasteiger partial charge in [-0.05, 0) is 17.7 Å². The largest absolute Gasteiger partial charge is 0.354 e. The first-order valence-electron chi connectivity index (χ1n) is 5.19. The quantitative estimate of drug-likeness (QED) is 0.800. The fourth-order valence-corrected chi connectivity index (χ4v) is 2.18. The minimum absolute atomic E-state index is 0.245. The van der Waals surface area contributed by atoms with Crippen molar-refractivity contribution in [3.8, 4) is 0 Å². The van der Waals surface area contributed by atoms with Crippen LogP contribution in [0.4, 0.5) is 5.82 Å². The summed E-state index contributed by atoms with van der Waals surface area (Å²) in [6.07, 6.45) is 3.52. The van der Waals surface area contributed by atoms with Gasteiger partial charge in [0, 0.05) is 26.0 Å². The van der Waals surface area contributed by atoms with E-state index in [4.69, 9.17) is 34.8 Å². The maximum absolute atomic E-state index is 6.10. The molecular formula is C12H10Cl3N3. The third kappa shape index (κ3) is 3.05. The van der Waals surface area contributed by atoms with Gasteiger partial charge in [0.15, 0.2) is 0 Å². The van der Waals surface area contributed by atoms with Crippen LogP contribution in [0.25, 0.3) is 0 Å². The first kappa shape index (κ1) is 13.4. The molecule has 0 aliphatic heterocycles. The van der Waals surface area contributed by atoms with E-state index in [1.807, 2.05) is 24.1 Å². The summed E-state index contributed by atoms with van der Waals surface area (Å²) in [6.45, 7) is 0.637. The predicted molar refractivity (Wildman–Crippen MR) is 75.6 cm³/mol. The SMILES string of the molecule is CN(Cc1cccnc1)c1nc(Cl)c(Cl)cc1Cl. The summed E-state index contributed by atoms with van der Waals surface area (Å²) in [5.74, 6) is 0.593. The van der Waals surface area contributed by atoms with Gasteiger partial charge in [-0.3, -0.25) is 4.98 Å². The van der Waals surface area contributed by atoms with E-state index in [-0.39, 0.29) is 5.15 Å². The number of aromatic nitrogens is 2. The second-order valence-corrected chi connectivity index (χ2v) is 4.96. The standard InChI is InChI=1S/C12H10Cl3N3/c1-18(7-8-3-2-4-16-6-8)12-10(14)5-9(13)11(15)17-12/h2-6H,7H2,1H3. The molecule has 94 valence electrons. The van der Waals surface area contributed by atoms with Crippen molar-refractivity contribution >= 4 is 40.6 Å². The second kappa shape index (κ2) is 5.74. The number of halogens is 3. The highest BCUT2D eigenvalue weighted by Gasteiger charge is 2.12. The van der Waals surface area contributed by atoms with Crippen molar-refractivity contribution in [2.24, 2.45) is 0 Å². The van der Waals surface area contributed by atoms with E-state index in [1.165, 1.54) is 0 Å². The highest BCUT2D eigenvalue weighted by molar-refractivity contribution is 6.42. The van der Waals surface area contributed by atoms with E-state index in [1.54, 1.807) is 18.5 Å². The van der Waals surface area contributed by atoms with E-state index in [2.05, 4.69) is 9.97 Å². The molecule has 0 amide bonds. The third-order valence-corrected chi connectivity index (χ3v) is 3.32. The molecule has 2 aromatic heterocycles. The van der Waals surface area contributed by atoms with Crippen LogP contribution < -0.4 is 4.90 Å². The second-order valence-electron chi connectivity index (χ2n) is 3.78. The molecule has 0 fully saturated rings. The van der Waals surface area contributed by atoms with Crippen molar-refractivity contribution in [1.82, 2.24) is 9.97 Å². The van der Waals surface area contributed by atoms with Gasteiger partial charge in [-0.25, -0.2) is 4.98 Å². The van der Waals surface area contributed by atoms with Gasteiger partial charge >= 0.3 is 0 Å². The Bertz CT molecular complexity index is 546. The van der Waals surface area contributed by atoms with Gasteiger partial charge in [-0.1, -0.05) is 40.9 Å². The Morgan fingerprint density at radius 2 is 2.00 bits per heavy atom. The first-order valence-corrected chi connectivity index (χ1v) is 6.33. The molecule has 2 heterocycles. The Labute approximate surface area is 120 Å². The monoisotopic (exact) mass is 301 g/mol. The van der Waals surface area contributed by atoms with E-state index in [0.29, 0.717) is 22.4 Å². The first-order chi connectivity index (χ1) is 8.58. The lowest BCUT2D eigenvalue weighted by atomic mass is 10.2. The molecule has 0 aromatic carbocycles. The van der Waals surface area contributed by atoms with Gasteiger partial charge in [-0.15, -0.1) is 0 Å². The molecular weight excluding hydrogens is 293 g/mol. The average molecular weight is 303 g/mol. The summed E-state index contributed by atoms with van der Waals surface area (Å²) in [4.78, 5) is 10.1. The fourth-order valence-electron chi connectivity index (χ4n) is 1.54. The average Bonchev–Trinajstić information content (AvgIpc) is 2.35. The number of pyridine rings is 2. The molecule has 0 spiro atoms. The zero-order chi connectivity index (χ0) is 13.1. The van der Waals surface area contributed by atoms with E-state index in [0.717, 1.165) is 5.56 Å². The van der Waals surface area contributed by atoms with Gasteiger partial charge in [0.2, 0.25) is 0 Å². The molecule has 0 aliphatic carbocycles. The zero-order valence-corrected chi connectivity index (χ0v) is 11.8. The normalized spacial score (nSPS) is 10.4. The Balaban J connectivity index is 2.24. The molecule has 6 heteroatoms. The summed E-state index contributed by atoms with van der Waals surface area (Å²) in [5.41, 5.74) is 1.06. The topological polar surface area (TPSA) is 29.0 Å². The highest BCUT2D eigenvalue weighted by atomic mass is 35.5. The van der Waals surface area contributed by atoms with Crippen LogP contribution in [0.1, 0.15) is 5.56 Å². The van der Waals surface area contributed by atoms with Crippen LogP contribution >= 0.6 is 34.8 Å². The van der Waals surface area contributed by atoms with Gasteiger partial charge < -0.3 is 4.90 Å². The van der Waals surface area contributed by atoms with Crippen LogP contribution in [0.2, 0.25) is 15.2 Å². The van der Waals surface area contributed by atoms with Crippen molar-refractivity contribution in [1.29, 1.82) is 0 Å². The number of nitrogens with zero attached hydrogens (tertiary/aromatic N) is 3. The van der Waals surface area contributed by atoms with Gasteiger partial charge in [-0.2, -0.15) is 0 Å². The molecule has 0 bridgehead atoms. The Morgan fingerprint density at radius 1 is 1.22 bits per heavy atom. The molecule has 2 rings (SSSR count). The van der Waals surface area contributed by atoms with Crippen LogP contribution in [0.5, 0.6) is 0 Å². The number of hydrogen-bond acceptors (Lipinski definition) is 3. The third-order valence-electron chi connectivity index (χ3n) is 2.37. The number of rotatable bonds is 3. The number of anilines is 1. The Kier molecular flexibility index (Phi) is 4.27. The zero-order valence-electron chi connectivity index (χ0n) is 9.57. The van der Waals surface area contributed by atoms with E-state index < -0.39 is 0 Å². The van der Waals surface area contributed by atoms with Crippen LogP contribution in [-0.4, -0.2) is 17.0 Å². The van der Waals surface area contributed by atoms with Crippen LogP contribution in [0.3, 0.4) is 0 Å². The molecule has 2 aromatic rings. The van der Waals surface area contributed by atoms with Crippen molar-refractivity contribution in [2.75, 3.05) is 11.9 Å². The molecule has 0 saturated heterocycles. The molecule has 0 saturated carbocycles. The summed E-state index contributed by atoms with van der Waals surface area (Å²) in [5, 5.41) is 1.06. The lowest BCUT2D eigenvalue weighted by Crippen LogP contribution is -2.18. The van der Waals surface area contributed by atoms with Gasteiger partial charge in [0.25, 0.3) is 0 Å². The maximum atomic E-state index is 6.10. The van der Waals surface area contributed by atoms with Crippen LogP contribution in [0.15, 0.2) is 30.6 Å². The van der Waals surface area contributed by atoms with Gasteiger partial charge in [0.1, 0.15) is 11.0 Å². The summed E-state index contributed by atoms with van der Waals surface area (Å²) in [6, 6.07) is 5.45. The minimum atomic E-state index is 0.245. The fraction of sp³-hybridized carbons (Fsp3) is 0.167. The highest BCUT2D eigenvalue weighted by Crippen LogP contribution is 2.31. The molecule has 18 heavy (non-hydrogen) atoms. The Hall–Kier alpha value is -1.03. The minimum Gasteiger partial charge on any atom is -0.354 e. The van der Waals surface area contributed by atoms with Crippen molar-refractivity contribution in [2.45, 2.75) is 6.54 Å². The summed E-state index contributed by atoms with van der Waals surface area (Å²) >= 11 is 17.8. The summed E-state index contributed by atoms with van der Waals surface area (Å²) < 4.78 is 0. The molecule has 0 atom stereocenters. The van der Waals surface area contributed by atoms with Crippen LogP contribution in [-0.2, 0) is 6.54 Å². The van der Waals surface area contributed by atoms with Gasteiger partial charge in [0.05, 0.1) is 10.0 Å². The molecule has 0 unspecified atom stereocenters. The molecule has 0 N–H and O–H groups in total. The Morgan fingerprint density at radius 3 is 2.67 bits per heavy atom. The lowest BCUT2D eigenvalue weighted by molar-refractivity contribution is 0.892. The van der Waals surface area contributed by atoms with E-state index in [9.17, 15) is 0 Å². The number of hydrogen-bond donors (Lipinski definition) is 0. The maximum Gasteiger partial charge on any atom is 0.150 e. The van der Waals surface area contributed by atoms with Crippen molar-refractivity contribution < 1.29 is 0 Å². The smallest absolute Gasteiger partial charge is 0.150 e. The summed E-state index contributed by atoms with van der Waals surface area (Å²) in [7, 11) is 1.88. The van der Waals surface area contributed by atoms with Crippen molar-refractivity contribution in [3.05, 3.63) is 51.4 Å². The molecule has 3 nitrogen and oxygen atoms in total. The molecule has 0 radical (unpaired) electrons. The lowest BCUT2D eigenvalue weighted by Gasteiger charge is -2.19. The van der Waals surface area contributed by atoms with Crippen LogP contribution in [0, 0.1) is 0 Å². The van der Waals surface area contributed by atoms with Crippen molar-refractivity contribution in [3.63, 3.8) is 0 Å². The van der Waals surface area contributed by atoms with E-state index >= 15 is 0 Å². The molecule has 0 aliphatic rings.